The third-order valence-electron chi connectivity index (χ3n) is 4.08. The summed E-state index contributed by atoms with van der Waals surface area (Å²) in [6.07, 6.45) is 2.73. The van der Waals surface area contributed by atoms with Crippen LogP contribution in [0.2, 0.25) is 0 Å². The minimum absolute atomic E-state index is 0.0713. The molecular formula is C20H26N4OS. The summed E-state index contributed by atoms with van der Waals surface area (Å²) in [6.45, 7) is 8.87. The molecule has 0 unspecified atom stereocenters. The molecule has 0 fully saturated rings. The van der Waals surface area contributed by atoms with Gasteiger partial charge in [-0.2, -0.15) is 0 Å². The van der Waals surface area contributed by atoms with Crippen LogP contribution in [0.1, 0.15) is 48.6 Å². The number of anilines is 1. The largest absolute Gasteiger partial charge is 0.354 e. The number of aryl methyl sites for hydroxylation is 1. The summed E-state index contributed by atoms with van der Waals surface area (Å²) >= 11 is 1.75. The normalized spacial score (nSPS) is 11.7. The quantitative estimate of drug-likeness (QED) is 0.735. The summed E-state index contributed by atoms with van der Waals surface area (Å²) in [7, 11) is 2.07. The van der Waals surface area contributed by atoms with Crippen LogP contribution >= 0.6 is 11.3 Å². The van der Waals surface area contributed by atoms with Crippen LogP contribution in [0.15, 0.2) is 35.8 Å². The van der Waals surface area contributed by atoms with Crippen molar-refractivity contribution < 1.29 is 4.79 Å². The van der Waals surface area contributed by atoms with Crippen molar-refractivity contribution in [2.24, 2.45) is 0 Å². The summed E-state index contributed by atoms with van der Waals surface area (Å²) in [5.74, 6) is 0.972. The molecule has 5 nitrogen and oxygen atoms in total. The third-order valence-corrected chi connectivity index (χ3v) is 4.94. The summed E-state index contributed by atoms with van der Waals surface area (Å²) < 4.78 is 2.03. The van der Waals surface area contributed by atoms with Crippen molar-refractivity contribution in [3.63, 3.8) is 0 Å². The molecule has 26 heavy (non-hydrogen) atoms. The summed E-state index contributed by atoms with van der Waals surface area (Å²) in [5.41, 5.74) is 2.27. The van der Waals surface area contributed by atoms with Gasteiger partial charge in [-0.05, 0) is 50.8 Å². The molecule has 0 aromatic carbocycles. The average Bonchev–Trinajstić information content (AvgIpc) is 3.18. The summed E-state index contributed by atoms with van der Waals surface area (Å²) in [5, 5.41) is 5.11. The molecule has 1 N–H and O–H groups in total. The Bertz CT molecular complexity index is 906. The Hall–Kier alpha value is -2.34. The molecular weight excluding hydrogens is 344 g/mol. The molecule has 0 spiro atoms. The monoisotopic (exact) mass is 370 g/mol. The highest BCUT2D eigenvalue weighted by Gasteiger charge is 2.19. The van der Waals surface area contributed by atoms with Crippen LogP contribution in [-0.2, 0) is 13.0 Å². The van der Waals surface area contributed by atoms with Crippen molar-refractivity contribution in [1.29, 1.82) is 0 Å². The molecule has 0 atom stereocenters. The number of hydrogen-bond donors (Lipinski definition) is 1. The van der Waals surface area contributed by atoms with E-state index in [-0.39, 0.29) is 11.4 Å². The highest BCUT2D eigenvalue weighted by Crippen LogP contribution is 2.25. The number of fused-ring (bicyclic) bond motifs is 1. The maximum atomic E-state index is 12.6. The van der Waals surface area contributed by atoms with E-state index < -0.39 is 0 Å². The molecule has 0 radical (unpaired) electrons. The fraction of sp³-hybridized carbons (Fsp3) is 0.400. The van der Waals surface area contributed by atoms with Crippen LogP contribution in [0.25, 0.3) is 5.65 Å². The predicted molar refractivity (Wildman–Crippen MR) is 108 cm³/mol. The average molecular weight is 371 g/mol. The first-order chi connectivity index (χ1) is 12.3. The number of hydrogen-bond acceptors (Lipinski definition) is 4. The molecule has 3 rings (SSSR count). The molecule has 0 bridgehead atoms. The van der Waals surface area contributed by atoms with Crippen LogP contribution < -0.4 is 10.2 Å². The molecule has 3 heterocycles. The topological polar surface area (TPSA) is 49.6 Å². The SMILES string of the molecule is CCc1nc2ccc(C(=O)NC(C)(C)C)cn2c1N(C)Cc1cccs1. The molecule has 1 amide bonds. The van der Waals surface area contributed by atoms with E-state index in [1.165, 1.54) is 4.88 Å². The first-order valence-corrected chi connectivity index (χ1v) is 9.73. The molecule has 6 heteroatoms. The van der Waals surface area contributed by atoms with Crippen LogP contribution in [0.4, 0.5) is 5.82 Å². The second-order valence-electron chi connectivity index (χ2n) is 7.52. The highest BCUT2D eigenvalue weighted by atomic mass is 32.1. The lowest BCUT2D eigenvalue weighted by molar-refractivity contribution is 0.0919. The van der Waals surface area contributed by atoms with E-state index >= 15 is 0 Å². The molecule has 0 aliphatic carbocycles. The lowest BCUT2D eigenvalue weighted by Gasteiger charge is -2.21. The van der Waals surface area contributed by atoms with Crippen LogP contribution in [0.5, 0.6) is 0 Å². The van der Waals surface area contributed by atoms with E-state index in [1.807, 2.05) is 43.5 Å². The van der Waals surface area contributed by atoms with Crippen LogP contribution in [-0.4, -0.2) is 27.9 Å². The lowest BCUT2D eigenvalue weighted by atomic mass is 10.1. The van der Waals surface area contributed by atoms with Crippen molar-refractivity contribution in [1.82, 2.24) is 14.7 Å². The molecule has 0 aliphatic rings. The number of pyridine rings is 1. The summed E-state index contributed by atoms with van der Waals surface area (Å²) in [6, 6.07) is 7.96. The van der Waals surface area contributed by atoms with Gasteiger partial charge in [-0.25, -0.2) is 4.98 Å². The van der Waals surface area contributed by atoms with Crippen molar-refractivity contribution in [2.45, 2.75) is 46.2 Å². The number of carbonyl (C=O) groups excluding carboxylic acids is 1. The van der Waals surface area contributed by atoms with Crippen LogP contribution in [0, 0.1) is 0 Å². The number of amides is 1. The smallest absolute Gasteiger partial charge is 0.253 e. The van der Waals surface area contributed by atoms with Gasteiger partial charge in [0, 0.05) is 23.7 Å². The van der Waals surface area contributed by atoms with Gasteiger partial charge in [0.25, 0.3) is 5.91 Å². The number of nitrogens with one attached hydrogen (secondary N) is 1. The number of carbonyl (C=O) groups is 1. The lowest BCUT2D eigenvalue weighted by Crippen LogP contribution is -2.40. The fourth-order valence-corrected chi connectivity index (χ4v) is 3.74. The van der Waals surface area contributed by atoms with E-state index in [0.717, 1.165) is 30.1 Å². The molecule has 3 aromatic rings. The van der Waals surface area contributed by atoms with Crippen molar-refractivity contribution in [3.8, 4) is 0 Å². The van der Waals surface area contributed by atoms with Gasteiger partial charge in [0.1, 0.15) is 11.5 Å². The molecule has 0 saturated heterocycles. The van der Waals surface area contributed by atoms with Crippen LogP contribution in [0.3, 0.4) is 0 Å². The predicted octanol–water partition coefficient (Wildman–Crippen LogP) is 4.12. The van der Waals surface area contributed by atoms with Gasteiger partial charge in [-0.15, -0.1) is 11.3 Å². The Kier molecular flexibility index (Phi) is 5.05. The summed E-state index contributed by atoms with van der Waals surface area (Å²) in [4.78, 5) is 20.8. The van der Waals surface area contributed by atoms with Crippen molar-refractivity contribution in [3.05, 3.63) is 52.0 Å². The van der Waals surface area contributed by atoms with Gasteiger partial charge in [-0.1, -0.05) is 13.0 Å². The van der Waals surface area contributed by atoms with E-state index in [2.05, 4.69) is 41.7 Å². The Morgan fingerprint density at radius 1 is 1.31 bits per heavy atom. The van der Waals surface area contributed by atoms with E-state index in [9.17, 15) is 4.79 Å². The van der Waals surface area contributed by atoms with Crippen molar-refractivity contribution in [2.75, 3.05) is 11.9 Å². The Balaban J connectivity index is 2.00. The second-order valence-corrected chi connectivity index (χ2v) is 8.55. The first kappa shape index (κ1) is 18.5. The molecule has 3 aromatic heterocycles. The Morgan fingerprint density at radius 3 is 2.69 bits per heavy atom. The first-order valence-electron chi connectivity index (χ1n) is 8.85. The number of rotatable bonds is 5. The maximum absolute atomic E-state index is 12.6. The van der Waals surface area contributed by atoms with Gasteiger partial charge in [0.05, 0.1) is 17.8 Å². The van der Waals surface area contributed by atoms with Gasteiger partial charge in [-0.3, -0.25) is 9.20 Å². The zero-order valence-corrected chi connectivity index (χ0v) is 16.9. The Labute approximate surface area is 158 Å². The molecule has 138 valence electrons. The molecule has 0 aliphatic heterocycles. The second kappa shape index (κ2) is 7.11. The van der Waals surface area contributed by atoms with Gasteiger partial charge in [0.2, 0.25) is 0 Å². The van der Waals surface area contributed by atoms with E-state index in [1.54, 1.807) is 11.3 Å². The fourth-order valence-electron chi connectivity index (χ4n) is 2.98. The van der Waals surface area contributed by atoms with Crippen molar-refractivity contribution >= 4 is 28.7 Å². The number of imidazole rings is 1. The minimum atomic E-state index is -0.269. The minimum Gasteiger partial charge on any atom is -0.354 e. The van der Waals surface area contributed by atoms with E-state index in [4.69, 9.17) is 4.98 Å². The standard InChI is InChI=1S/C20H26N4OS/c1-6-16-19(23(5)13-15-8-7-11-26-15)24-12-14(9-10-17(24)21-16)18(25)22-20(2,3)4/h7-12H,6,13H2,1-5H3,(H,22,25). The third kappa shape index (κ3) is 3.90. The molecule has 0 saturated carbocycles. The number of nitrogens with zero attached hydrogens (tertiary/aromatic N) is 3. The maximum Gasteiger partial charge on any atom is 0.253 e. The zero-order valence-electron chi connectivity index (χ0n) is 16.0. The van der Waals surface area contributed by atoms with E-state index in [0.29, 0.717) is 5.56 Å². The number of aromatic nitrogens is 2. The highest BCUT2D eigenvalue weighted by molar-refractivity contribution is 7.09. The number of thiophene rings is 1. The van der Waals surface area contributed by atoms with Gasteiger partial charge >= 0.3 is 0 Å². The zero-order chi connectivity index (χ0) is 18.9. The van der Waals surface area contributed by atoms with Gasteiger partial charge < -0.3 is 10.2 Å². The van der Waals surface area contributed by atoms with Gasteiger partial charge in [0.15, 0.2) is 0 Å². The Morgan fingerprint density at radius 2 is 2.08 bits per heavy atom.